The molecule has 2 unspecified atom stereocenters. The zero-order valence-electron chi connectivity index (χ0n) is 63.7. The van der Waals surface area contributed by atoms with Crippen LogP contribution in [0.25, 0.3) is 0 Å². The molecule has 7 fully saturated rings. The number of carbonyl (C=O) groups excluding carboxylic acids is 12. The highest BCUT2D eigenvalue weighted by atomic mass is 35.5. The fourth-order valence-electron chi connectivity index (χ4n) is 17.1. The van der Waals surface area contributed by atoms with Gasteiger partial charge >= 0.3 is 12.4 Å². The lowest BCUT2D eigenvalue weighted by Gasteiger charge is -2.46. The highest BCUT2D eigenvalue weighted by Crippen LogP contribution is 2.47. The largest absolute Gasteiger partial charge is 0.394 e. The summed E-state index contributed by atoms with van der Waals surface area (Å²) in [6.07, 6.45) is -7.02. The first-order valence-corrected chi connectivity index (χ1v) is 38.9. The summed E-state index contributed by atoms with van der Waals surface area (Å²) in [6, 6.07) is -10.8. The van der Waals surface area contributed by atoms with E-state index in [-0.39, 0.29) is 110 Å². The second-order valence-electron chi connectivity index (χ2n) is 31.3. The van der Waals surface area contributed by atoms with Crippen molar-refractivity contribution in [2.45, 2.75) is 265 Å². The Morgan fingerprint density at radius 1 is 0.613 bits per heavy atom. The van der Waals surface area contributed by atoms with Crippen molar-refractivity contribution in [3.05, 3.63) is 0 Å². The van der Waals surface area contributed by atoms with Crippen LogP contribution in [0.15, 0.2) is 0 Å². The van der Waals surface area contributed by atoms with Crippen LogP contribution in [0.2, 0.25) is 0 Å². The highest BCUT2D eigenvalue weighted by molar-refractivity contribution is 6.24. The molecule has 33 heteroatoms. The minimum Gasteiger partial charge on any atom is -0.377 e. The van der Waals surface area contributed by atoms with Gasteiger partial charge in [0.1, 0.15) is 53.9 Å². The van der Waals surface area contributed by atoms with Gasteiger partial charge in [-0.15, -0.1) is 23.2 Å². The van der Waals surface area contributed by atoms with Gasteiger partial charge < -0.3 is 64.8 Å². The van der Waals surface area contributed by atoms with Gasteiger partial charge in [0.15, 0.2) is 0 Å². The fourth-order valence-corrected chi connectivity index (χ4v) is 18.3. The molecule has 106 heavy (non-hydrogen) atoms. The number of fused-ring (bicyclic) bond motifs is 3. The van der Waals surface area contributed by atoms with Gasteiger partial charge in [-0.3, -0.25) is 57.5 Å². The SMILES string of the molecule is CCO[C@@H]1C[C@H]2C(=O)NC3(CCC3)C(=O)N(C)[C@@H](C3CCCC3)C(=O)N(C)[C@H](C(=O)N(C)C)CC(=O)N(C)[C@@H](CC)C(=O)N[C@@H]([C@@H](C)CC)C(=O)N(C)CC(=O)N(C)[C@H]3CCCCCN(C3=O)[C@@H](CC3CCC(C(F)(F)F)CC3)C(=O)N(C)CC(=O)N[C@@H](CCC3CC(Cl)C(C(F)(F)F)C(Cl)C3)C(=O)N2C1. The van der Waals surface area contributed by atoms with Crippen molar-refractivity contribution in [3.63, 3.8) is 0 Å². The van der Waals surface area contributed by atoms with E-state index < -0.39 is 209 Å². The Morgan fingerprint density at radius 2 is 1.23 bits per heavy atom. The van der Waals surface area contributed by atoms with Crippen LogP contribution in [0.1, 0.15) is 182 Å². The second-order valence-corrected chi connectivity index (χ2v) is 32.4. The molecule has 0 radical (unpaired) electrons. The average Bonchev–Trinajstić information content (AvgIpc) is 1.21. The van der Waals surface area contributed by atoms with Crippen LogP contribution >= 0.6 is 23.2 Å². The van der Waals surface area contributed by atoms with E-state index in [0.717, 1.165) is 19.6 Å². The first-order chi connectivity index (χ1) is 49.7. The van der Waals surface area contributed by atoms with Gasteiger partial charge in [0, 0.05) is 93.3 Å². The predicted octanol–water partition coefficient (Wildman–Crippen LogP) is 6.48. The number of rotatable bonds is 12. The number of halogens is 8. The molecule has 12 atom stereocenters. The van der Waals surface area contributed by atoms with E-state index in [0.29, 0.717) is 57.8 Å². The molecule has 0 aromatic carbocycles. The molecule has 1 spiro atoms. The van der Waals surface area contributed by atoms with E-state index in [9.17, 15) is 55.1 Å². The first kappa shape index (κ1) is 87.0. The lowest BCUT2D eigenvalue weighted by molar-refractivity contribution is -0.184. The molecule has 3 saturated heterocycles. The van der Waals surface area contributed by atoms with Crippen LogP contribution < -0.4 is 16.0 Å². The Morgan fingerprint density at radius 3 is 1.78 bits per heavy atom. The molecule has 25 nitrogen and oxygen atoms in total. The van der Waals surface area contributed by atoms with E-state index in [1.807, 2.05) is 0 Å². The van der Waals surface area contributed by atoms with Gasteiger partial charge in [0.05, 0.1) is 37.5 Å². The summed E-state index contributed by atoms with van der Waals surface area (Å²) in [4.78, 5) is 191. The summed E-state index contributed by atoms with van der Waals surface area (Å²) in [5.74, 6) is -14.6. The van der Waals surface area contributed by atoms with E-state index in [1.165, 1.54) is 80.9 Å². The monoisotopic (exact) mass is 1550 g/mol. The van der Waals surface area contributed by atoms with Gasteiger partial charge in [0.25, 0.3) is 0 Å². The molecule has 7 rings (SSSR count). The van der Waals surface area contributed by atoms with Crippen molar-refractivity contribution in [2.24, 2.45) is 35.5 Å². The summed E-state index contributed by atoms with van der Waals surface area (Å²) in [5.41, 5.74) is -1.64. The Balaban J connectivity index is 1.31. The van der Waals surface area contributed by atoms with E-state index in [2.05, 4.69) is 16.0 Å². The number of hydrogen-bond acceptors (Lipinski definition) is 13. The summed E-state index contributed by atoms with van der Waals surface area (Å²) >= 11 is 12.9. The number of amides is 12. The Hall–Kier alpha value is -6.24. The van der Waals surface area contributed by atoms with Gasteiger partial charge in [-0.2, -0.15) is 26.3 Å². The zero-order chi connectivity index (χ0) is 78.8. The average molecular weight is 1550 g/mol. The molecule has 600 valence electrons. The topological polar surface area (TPSA) is 279 Å². The summed E-state index contributed by atoms with van der Waals surface area (Å²) in [5, 5.41) is 5.66. The van der Waals surface area contributed by atoms with Crippen LogP contribution in [0.3, 0.4) is 0 Å². The molecule has 12 amide bonds. The third-order valence-corrected chi connectivity index (χ3v) is 24.8. The third kappa shape index (κ3) is 20.8. The number of nitrogens with one attached hydrogen (secondary N) is 3. The van der Waals surface area contributed by atoms with E-state index in [1.54, 1.807) is 27.7 Å². The number of hydrogen-bond donors (Lipinski definition) is 3. The zero-order valence-corrected chi connectivity index (χ0v) is 65.2. The van der Waals surface area contributed by atoms with Gasteiger partial charge in [-0.05, 0) is 140 Å². The molecule has 3 heterocycles. The van der Waals surface area contributed by atoms with Crippen molar-refractivity contribution >= 4 is 94.1 Å². The lowest BCUT2D eigenvalue weighted by atomic mass is 9.74. The van der Waals surface area contributed by atoms with Gasteiger partial charge in [-0.25, -0.2) is 0 Å². The minimum atomic E-state index is -4.73. The van der Waals surface area contributed by atoms with E-state index in [4.69, 9.17) is 27.9 Å². The number of alkyl halides is 8. The maximum atomic E-state index is 15.6. The van der Waals surface area contributed by atoms with Crippen molar-refractivity contribution < 1.29 is 88.6 Å². The Labute approximate surface area is 629 Å². The van der Waals surface area contributed by atoms with Crippen LogP contribution in [-0.4, -0.2) is 287 Å². The predicted molar refractivity (Wildman–Crippen MR) is 382 cm³/mol. The van der Waals surface area contributed by atoms with Gasteiger partial charge in [0.2, 0.25) is 70.9 Å². The smallest absolute Gasteiger partial charge is 0.377 e. The quantitative estimate of drug-likeness (QED) is 0.140. The molecule has 2 bridgehead atoms. The molecule has 4 saturated carbocycles. The maximum absolute atomic E-state index is 15.6. The van der Waals surface area contributed by atoms with Crippen LogP contribution in [-0.2, 0) is 62.3 Å². The molecule has 7 aliphatic rings. The van der Waals surface area contributed by atoms with Crippen LogP contribution in [0, 0.1) is 35.5 Å². The fraction of sp³-hybridized carbons (Fsp3) is 0.836. The lowest BCUT2D eigenvalue weighted by Crippen LogP contribution is -2.68. The van der Waals surface area contributed by atoms with Crippen molar-refractivity contribution in [2.75, 3.05) is 89.2 Å². The minimum absolute atomic E-state index is 0.0164. The maximum Gasteiger partial charge on any atom is 0.394 e. The summed E-state index contributed by atoms with van der Waals surface area (Å²) in [6.45, 7) is 5.34. The molecular weight excluding hydrogens is 1440 g/mol. The molecule has 0 aromatic rings. The summed E-state index contributed by atoms with van der Waals surface area (Å²) < 4.78 is 91.2. The first-order valence-electron chi connectivity index (χ1n) is 38.0. The molecule has 4 aliphatic carbocycles. The molecular formula is C73H114Cl2F6N12O13. The number of ether oxygens (including phenoxy) is 1. The standard InChI is InChI=1S/C73H114Cl2F6N12O13/c1-13-42(4)60-68(103)87(8)41-58(96)89(10)52-24-17-16-20-33-92(67(52)102)55(36-43-25-28-46(29-26-43)72(76,77)78)66(101)86(7)40-56(94)82-50(30-27-44-34-48(74)59(49(75)35-44)73(79,80)81)64(99)93-39-47(106-15-3)37-53(93)63(98)84-71(31-21-32-71)70(105)91(12)61(45-22-18-19-23-45)69(104)90(11)54(65(100)85(5)6)38-57(95)88(9)51(14-2)62(97)83-60/h42-55,59-61H,13-41H2,1-12H3,(H,82,94)(H,83,97)(H,84,98)/t42-,43?,44?,46?,47+,48?,49?,50-,51-,52-,53-,54-,55-,59?,60-,61-/m0/s1. The van der Waals surface area contributed by atoms with Crippen molar-refractivity contribution in [3.8, 4) is 0 Å². The van der Waals surface area contributed by atoms with E-state index >= 15 is 28.8 Å². The van der Waals surface area contributed by atoms with Crippen molar-refractivity contribution in [1.82, 2.24) is 60.0 Å². The Kier molecular flexibility index (Phi) is 30.7. The highest BCUT2D eigenvalue weighted by Gasteiger charge is 2.55. The van der Waals surface area contributed by atoms with Crippen LogP contribution in [0.5, 0.6) is 0 Å². The summed E-state index contributed by atoms with van der Waals surface area (Å²) in [7, 11) is 11.1. The second kappa shape index (κ2) is 37.4. The Bertz CT molecular complexity index is 3130. The van der Waals surface area contributed by atoms with Crippen LogP contribution in [0.4, 0.5) is 26.3 Å². The van der Waals surface area contributed by atoms with Crippen molar-refractivity contribution in [1.29, 1.82) is 0 Å². The molecule has 0 aromatic heterocycles. The molecule has 3 N–H and O–H groups in total. The van der Waals surface area contributed by atoms with Gasteiger partial charge in [-0.1, -0.05) is 52.9 Å². The number of nitrogens with zero attached hydrogens (tertiary/aromatic N) is 9. The molecule has 3 aliphatic heterocycles. The third-order valence-electron chi connectivity index (χ3n) is 23.9. The normalized spacial score (nSPS) is 32.2. The number of carbonyl (C=O) groups is 12. The number of likely N-dealkylation sites (N-methyl/N-ethyl adjacent to an activating group) is 7.